The maximum Gasteiger partial charge on any atom is 0.122 e. The summed E-state index contributed by atoms with van der Waals surface area (Å²) in [5, 5.41) is 3.25. The zero-order valence-corrected chi connectivity index (χ0v) is 8.42. The first-order valence-electron chi connectivity index (χ1n) is 4.93. The number of aryl methyl sites for hydroxylation is 1. The molecule has 0 unspecified atom stereocenters. The van der Waals surface area contributed by atoms with Gasteiger partial charge in [0, 0.05) is 13.1 Å². The fraction of sp³-hybridized carbons (Fsp3) is 0.333. The number of hydrogen-bond donors (Lipinski definition) is 1. The lowest BCUT2D eigenvalue weighted by Gasteiger charge is -2.08. The van der Waals surface area contributed by atoms with Crippen molar-refractivity contribution in [2.45, 2.75) is 6.92 Å². The highest BCUT2D eigenvalue weighted by atomic mass is 16.5. The standard InChI is InChI=1S/C12H15NO/c1-10-4-2-3-5-12(10)14-9-11-6-7-13-8-11/h2-6,13H,7-9H2,1H3. The fourth-order valence-electron chi connectivity index (χ4n) is 1.52. The summed E-state index contributed by atoms with van der Waals surface area (Å²) in [6, 6.07) is 8.11. The zero-order chi connectivity index (χ0) is 9.80. The zero-order valence-electron chi connectivity index (χ0n) is 8.42. The van der Waals surface area contributed by atoms with E-state index in [1.165, 1.54) is 11.1 Å². The lowest BCUT2D eigenvalue weighted by molar-refractivity contribution is 0.348. The highest BCUT2D eigenvalue weighted by Crippen LogP contribution is 2.17. The van der Waals surface area contributed by atoms with E-state index in [1.807, 2.05) is 18.2 Å². The van der Waals surface area contributed by atoms with Gasteiger partial charge in [0.25, 0.3) is 0 Å². The van der Waals surface area contributed by atoms with Gasteiger partial charge in [-0.3, -0.25) is 0 Å². The SMILES string of the molecule is Cc1ccccc1OCC1=CCNC1. The van der Waals surface area contributed by atoms with Crippen LogP contribution in [-0.4, -0.2) is 19.7 Å². The predicted octanol–water partition coefficient (Wildman–Crippen LogP) is 1.90. The number of hydrogen-bond acceptors (Lipinski definition) is 2. The molecule has 1 heterocycles. The van der Waals surface area contributed by atoms with E-state index < -0.39 is 0 Å². The molecule has 1 N–H and O–H groups in total. The molecule has 1 aromatic rings. The number of ether oxygens (including phenoxy) is 1. The van der Waals surface area contributed by atoms with E-state index in [-0.39, 0.29) is 0 Å². The third-order valence-corrected chi connectivity index (χ3v) is 2.39. The summed E-state index contributed by atoms with van der Waals surface area (Å²) < 4.78 is 5.71. The van der Waals surface area contributed by atoms with Gasteiger partial charge in [-0.2, -0.15) is 0 Å². The van der Waals surface area contributed by atoms with Gasteiger partial charge in [0.2, 0.25) is 0 Å². The van der Waals surface area contributed by atoms with Crippen LogP contribution in [0.2, 0.25) is 0 Å². The summed E-state index contributed by atoms with van der Waals surface area (Å²) in [4.78, 5) is 0. The second kappa shape index (κ2) is 4.29. The number of para-hydroxylation sites is 1. The molecule has 2 rings (SSSR count). The van der Waals surface area contributed by atoms with Gasteiger partial charge in [0.15, 0.2) is 0 Å². The fourth-order valence-corrected chi connectivity index (χ4v) is 1.52. The van der Waals surface area contributed by atoms with Crippen LogP contribution in [0.15, 0.2) is 35.9 Å². The molecule has 0 saturated carbocycles. The van der Waals surface area contributed by atoms with Crippen LogP contribution in [-0.2, 0) is 0 Å². The molecule has 14 heavy (non-hydrogen) atoms. The van der Waals surface area contributed by atoms with E-state index in [0.717, 1.165) is 18.8 Å². The number of nitrogens with one attached hydrogen (secondary N) is 1. The monoisotopic (exact) mass is 189 g/mol. The highest BCUT2D eigenvalue weighted by Gasteiger charge is 2.04. The molecule has 0 radical (unpaired) electrons. The van der Waals surface area contributed by atoms with Gasteiger partial charge >= 0.3 is 0 Å². The lowest BCUT2D eigenvalue weighted by atomic mass is 10.2. The Morgan fingerprint density at radius 2 is 2.21 bits per heavy atom. The van der Waals surface area contributed by atoms with Crippen molar-refractivity contribution < 1.29 is 4.74 Å². The van der Waals surface area contributed by atoms with E-state index in [1.54, 1.807) is 0 Å². The Labute approximate surface area is 84.6 Å². The van der Waals surface area contributed by atoms with Crippen molar-refractivity contribution in [3.05, 3.63) is 41.5 Å². The molecule has 0 aromatic heterocycles. The molecule has 0 fully saturated rings. The van der Waals surface area contributed by atoms with Crippen LogP contribution in [0.1, 0.15) is 5.56 Å². The van der Waals surface area contributed by atoms with Crippen molar-refractivity contribution in [1.82, 2.24) is 5.32 Å². The molecular formula is C12H15NO. The van der Waals surface area contributed by atoms with Gasteiger partial charge in [0.1, 0.15) is 12.4 Å². The Kier molecular flexibility index (Phi) is 2.84. The summed E-state index contributed by atoms with van der Waals surface area (Å²) in [5.41, 5.74) is 2.53. The van der Waals surface area contributed by atoms with Crippen molar-refractivity contribution in [1.29, 1.82) is 0 Å². The summed E-state index contributed by atoms with van der Waals surface area (Å²) in [7, 11) is 0. The third-order valence-electron chi connectivity index (χ3n) is 2.39. The van der Waals surface area contributed by atoms with Crippen LogP contribution in [0.5, 0.6) is 5.75 Å². The molecule has 0 spiro atoms. The van der Waals surface area contributed by atoms with Crippen molar-refractivity contribution in [2.24, 2.45) is 0 Å². The predicted molar refractivity (Wildman–Crippen MR) is 57.6 cm³/mol. The van der Waals surface area contributed by atoms with Crippen molar-refractivity contribution >= 4 is 0 Å². The maximum atomic E-state index is 5.71. The van der Waals surface area contributed by atoms with Crippen molar-refractivity contribution in [2.75, 3.05) is 19.7 Å². The van der Waals surface area contributed by atoms with Crippen LogP contribution >= 0.6 is 0 Å². The smallest absolute Gasteiger partial charge is 0.122 e. The Hall–Kier alpha value is -1.28. The summed E-state index contributed by atoms with van der Waals surface area (Å²) in [6.07, 6.45) is 2.19. The minimum atomic E-state index is 0.706. The van der Waals surface area contributed by atoms with Crippen LogP contribution in [0.3, 0.4) is 0 Å². The highest BCUT2D eigenvalue weighted by molar-refractivity contribution is 5.32. The maximum absolute atomic E-state index is 5.71. The molecule has 1 aliphatic rings. The number of rotatable bonds is 3. The minimum Gasteiger partial charge on any atom is -0.489 e. The average molecular weight is 189 g/mol. The second-order valence-electron chi connectivity index (χ2n) is 3.55. The van der Waals surface area contributed by atoms with Gasteiger partial charge in [-0.05, 0) is 24.1 Å². The topological polar surface area (TPSA) is 21.3 Å². The van der Waals surface area contributed by atoms with E-state index in [4.69, 9.17) is 4.74 Å². The molecule has 1 aliphatic heterocycles. The molecular weight excluding hydrogens is 174 g/mol. The lowest BCUT2D eigenvalue weighted by Crippen LogP contribution is -2.11. The third kappa shape index (κ3) is 2.15. The first-order chi connectivity index (χ1) is 6.86. The van der Waals surface area contributed by atoms with E-state index in [0.29, 0.717) is 6.61 Å². The molecule has 0 saturated heterocycles. The van der Waals surface area contributed by atoms with E-state index >= 15 is 0 Å². The number of benzene rings is 1. The van der Waals surface area contributed by atoms with Gasteiger partial charge in [-0.15, -0.1) is 0 Å². The minimum absolute atomic E-state index is 0.706. The van der Waals surface area contributed by atoms with Gasteiger partial charge in [-0.1, -0.05) is 24.3 Å². The average Bonchev–Trinajstić information content (AvgIpc) is 2.69. The molecule has 74 valence electrons. The van der Waals surface area contributed by atoms with Gasteiger partial charge < -0.3 is 10.1 Å². The Balaban J connectivity index is 1.94. The Morgan fingerprint density at radius 3 is 2.93 bits per heavy atom. The Bertz CT molecular complexity index is 344. The Morgan fingerprint density at radius 1 is 1.36 bits per heavy atom. The summed E-state index contributed by atoms with van der Waals surface area (Å²) in [5.74, 6) is 0.986. The molecule has 2 nitrogen and oxygen atoms in total. The molecule has 2 heteroatoms. The molecule has 0 aliphatic carbocycles. The first kappa shape index (κ1) is 9.28. The van der Waals surface area contributed by atoms with Crippen LogP contribution in [0.4, 0.5) is 0 Å². The molecule has 0 bridgehead atoms. The molecule has 1 aromatic carbocycles. The molecule has 0 atom stereocenters. The molecule has 0 amide bonds. The largest absolute Gasteiger partial charge is 0.489 e. The first-order valence-corrected chi connectivity index (χ1v) is 4.93. The summed E-state index contributed by atoms with van der Waals surface area (Å²) in [6.45, 7) is 4.72. The second-order valence-corrected chi connectivity index (χ2v) is 3.55. The summed E-state index contributed by atoms with van der Waals surface area (Å²) >= 11 is 0. The van der Waals surface area contributed by atoms with Gasteiger partial charge in [0.05, 0.1) is 0 Å². The van der Waals surface area contributed by atoms with Crippen molar-refractivity contribution in [3.63, 3.8) is 0 Å². The van der Waals surface area contributed by atoms with E-state index in [2.05, 4.69) is 24.4 Å². The normalized spacial score (nSPS) is 15.4. The van der Waals surface area contributed by atoms with Crippen LogP contribution < -0.4 is 10.1 Å². The van der Waals surface area contributed by atoms with Crippen LogP contribution in [0.25, 0.3) is 0 Å². The van der Waals surface area contributed by atoms with Crippen molar-refractivity contribution in [3.8, 4) is 5.75 Å². The van der Waals surface area contributed by atoms with Crippen LogP contribution in [0, 0.1) is 6.92 Å². The van der Waals surface area contributed by atoms with Gasteiger partial charge in [-0.25, -0.2) is 0 Å². The van der Waals surface area contributed by atoms with E-state index in [9.17, 15) is 0 Å². The quantitative estimate of drug-likeness (QED) is 0.733.